The first-order valence-corrected chi connectivity index (χ1v) is 6.98. The maximum Gasteiger partial charge on any atom is 0.208 e. The van der Waals surface area contributed by atoms with E-state index in [9.17, 15) is 4.79 Å². The van der Waals surface area contributed by atoms with Crippen molar-refractivity contribution in [3.8, 4) is 0 Å². The van der Waals surface area contributed by atoms with E-state index in [2.05, 4.69) is 15.2 Å². The Balaban J connectivity index is 2.00. The summed E-state index contributed by atoms with van der Waals surface area (Å²) in [5, 5.41) is 7.37. The molecule has 0 atom stereocenters. The van der Waals surface area contributed by atoms with Crippen LogP contribution in [0.15, 0.2) is 11.2 Å². The molecule has 0 radical (unpaired) electrons. The summed E-state index contributed by atoms with van der Waals surface area (Å²) >= 11 is 3.02. The van der Waals surface area contributed by atoms with Crippen molar-refractivity contribution >= 4 is 28.9 Å². The van der Waals surface area contributed by atoms with E-state index in [-0.39, 0.29) is 5.78 Å². The number of carbonyl (C=O) groups is 1. The number of aromatic amines is 1. The molecule has 2 aromatic rings. The molecule has 0 fully saturated rings. The SMILES string of the molecule is Cc1nc(SCC(=O)c2cc(C)sc2C)n[nH]1. The second kappa shape index (κ2) is 5.01. The first-order valence-electron chi connectivity index (χ1n) is 5.18. The standard InChI is InChI=1S/C11H13N3OS2/c1-6-4-9(7(2)17-6)10(15)5-16-11-12-8(3)13-14-11/h4H,5H2,1-3H3,(H,12,13,14). The number of aromatic nitrogens is 3. The molecule has 2 aromatic heterocycles. The van der Waals surface area contributed by atoms with E-state index >= 15 is 0 Å². The summed E-state index contributed by atoms with van der Waals surface area (Å²) in [6.07, 6.45) is 0. The summed E-state index contributed by atoms with van der Waals surface area (Å²) in [4.78, 5) is 18.4. The van der Waals surface area contributed by atoms with Gasteiger partial charge in [-0.05, 0) is 26.8 Å². The van der Waals surface area contributed by atoms with Gasteiger partial charge in [-0.15, -0.1) is 16.4 Å². The van der Waals surface area contributed by atoms with Crippen LogP contribution in [0.1, 0.15) is 25.9 Å². The predicted molar refractivity (Wildman–Crippen MR) is 70.0 cm³/mol. The van der Waals surface area contributed by atoms with Gasteiger partial charge in [0.15, 0.2) is 5.78 Å². The molecule has 0 aliphatic heterocycles. The smallest absolute Gasteiger partial charge is 0.208 e. The quantitative estimate of drug-likeness (QED) is 0.683. The maximum absolute atomic E-state index is 12.0. The van der Waals surface area contributed by atoms with Gasteiger partial charge >= 0.3 is 0 Å². The van der Waals surface area contributed by atoms with Gasteiger partial charge in [0.25, 0.3) is 0 Å². The second-order valence-corrected chi connectivity index (χ2v) is 6.15. The van der Waals surface area contributed by atoms with Gasteiger partial charge in [0.1, 0.15) is 5.82 Å². The van der Waals surface area contributed by atoms with Crippen LogP contribution >= 0.6 is 23.1 Å². The fourth-order valence-electron chi connectivity index (χ4n) is 1.50. The summed E-state index contributed by atoms with van der Waals surface area (Å²) in [6, 6.07) is 1.95. The van der Waals surface area contributed by atoms with E-state index in [0.29, 0.717) is 10.9 Å². The number of aryl methyl sites for hydroxylation is 3. The lowest BCUT2D eigenvalue weighted by Crippen LogP contribution is -2.02. The number of H-pyrrole nitrogens is 1. The third-order valence-electron chi connectivity index (χ3n) is 2.25. The Morgan fingerprint density at radius 2 is 2.24 bits per heavy atom. The van der Waals surface area contributed by atoms with E-state index in [1.165, 1.54) is 16.6 Å². The number of carbonyl (C=O) groups excluding carboxylic acids is 1. The lowest BCUT2D eigenvalue weighted by Gasteiger charge is -1.97. The summed E-state index contributed by atoms with van der Waals surface area (Å²) in [6.45, 7) is 5.83. The highest BCUT2D eigenvalue weighted by atomic mass is 32.2. The number of thiophene rings is 1. The summed E-state index contributed by atoms with van der Waals surface area (Å²) in [5.74, 6) is 1.29. The third kappa shape index (κ3) is 2.95. The minimum atomic E-state index is 0.138. The number of hydrogen-bond acceptors (Lipinski definition) is 5. The van der Waals surface area contributed by atoms with Crippen molar-refractivity contribution in [3.05, 3.63) is 27.2 Å². The highest BCUT2D eigenvalue weighted by Gasteiger charge is 2.13. The van der Waals surface area contributed by atoms with Crippen LogP contribution < -0.4 is 0 Å². The van der Waals surface area contributed by atoms with Crippen LogP contribution in [0.5, 0.6) is 0 Å². The Bertz CT molecular complexity index is 545. The first kappa shape index (κ1) is 12.3. The third-order valence-corrected chi connectivity index (χ3v) is 4.06. The number of rotatable bonds is 4. The number of hydrogen-bond donors (Lipinski definition) is 1. The monoisotopic (exact) mass is 267 g/mol. The minimum Gasteiger partial charge on any atom is -0.293 e. The number of ketones is 1. The summed E-state index contributed by atoms with van der Waals surface area (Å²) < 4.78 is 0. The Morgan fingerprint density at radius 3 is 2.76 bits per heavy atom. The molecule has 1 N–H and O–H groups in total. The zero-order valence-corrected chi connectivity index (χ0v) is 11.5. The van der Waals surface area contributed by atoms with Crippen LogP contribution in [0.4, 0.5) is 0 Å². The van der Waals surface area contributed by atoms with Gasteiger partial charge < -0.3 is 0 Å². The Labute approximate surface area is 108 Å². The van der Waals surface area contributed by atoms with Crippen molar-refractivity contribution in [2.75, 3.05) is 5.75 Å². The Morgan fingerprint density at radius 1 is 1.47 bits per heavy atom. The van der Waals surface area contributed by atoms with E-state index < -0.39 is 0 Å². The van der Waals surface area contributed by atoms with Crippen molar-refractivity contribution in [3.63, 3.8) is 0 Å². The molecule has 0 spiro atoms. The van der Waals surface area contributed by atoms with Crippen LogP contribution in [-0.4, -0.2) is 26.7 Å². The van der Waals surface area contributed by atoms with Gasteiger partial charge in [0.2, 0.25) is 5.16 Å². The zero-order valence-electron chi connectivity index (χ0n) is 9.90. The minimum absolute atomic E-state index is 0.138. The molecule has 0 saturated heterocycles. The lowest BCUT2D eigenvalue weighted by atomic mass is 10.2. The molecule has 0 unspecified atom stereocenters. The molecule has 0 amide bonds. The molecule has 4 nitrogen and oxygen atoms in total. The van der Waals surface area contributed by atoms with Gasteiger partial charge in [0.05, 0.1) is 5.75 Å². The van der Waals surface area contributed by atoms with E-state index in [1.54, 1.807) is 11.3 Å². The molecule has 90 valence electrons. The molecule has 0 bridgehead atoms. The maximum atomic E-state index is 12.0. The van der Waals surface area contributed by atoms with Crippen LogP contribution in [-0.2, 0) is 0 Å². The van der Waals surface area contributed by atoms with Gasteiger partial charge in [-0.25, -0.2) is 4.98 Å². The lowest BCUT2D eigenvalue weighted by molar-refractivity contribution is 0.102. The van der Waals surface area contributed by atoms with Crippen LogP contribution in [0.25, 0.3) is 0 Å². The van der Waals surface area contributed by atoms with Crippen molar-refractivity contribution in [2.45, 2.75) is 25.9 Å². The van der Waals surface area contributed by atoms with Crippen molar-refractivity contribution in [1.29, 1.82) is 0 Å². The van der Waals surface area contributed by atoms with Crippen LogP contribution in [0.2, 0.25) is 0 Å². The van der Waals surface area contributed by atoms with E-state index in [0.717, 1.165) is 16.3 Å². The van der Waals surface area contributed by atoms with Gasteiger partial charge in [-0.3, -0.25) is 9.89 Å². The van der Waals surface area contributed by atoms with E-state index in [4.69, 9.17) is 0 Å². The highest BCUT2D eigenvalue weighted by Crippen LogP contribution is 2.23. The molecule has 0 aromatic carbocycles. The fourth-order valence-corrected chi connectivity index (χ4v) is 3.17. The average molecular weight is 267 g/mol. The Kier molecular flexibility index (Phi) is 3.63. The molecule has 0 aliphatic carbocycles. The van der Waals surface area contributed by atoms with Crippen molar-refractivity contribution in [1.82, 2.24) is 15.2 Å². The van der Waals surface area contributed by atoms with Gasteiger partial charge in [-0.2, -0.15) is 0 Å². The summed E-state index contributed by atoms with van der Waals surface area (Å²) in [5.41, 5.74) is 0.826. The summed E-state index contributed by atoms with van der Waals surface area (Å²) in [7, 11) is 0. The van der Waals surface area contributed by atoms with Gasteiger partial charge in [0, 0.05) is 15.3 Å². The molecule has 0 aliphatic rings. The van der Waals surface area contributed by atoms with Crippen molar-refractivity contribution in [2.24, 2.45) is 0 Å². The van der Waals surface area contributed by atoms with Crippen LogP contribution in [0, 0.1) is 20.8 Å². The Hall–Kier alpha value is -1.14. The predicted octanol–water partition coefficient (Wildman–Crippen LogP) is 2.77. The fraction of sp³-hybridized carbons (Fsp3) is 0.364. The second-order valence-electron chi connectivity index (χ2n) is 3.74. The largest absolute Gasteiger partial charge is 0.293 e. The van der Waals surface area contributed by atoms with Crippen LogP contribution in [0.3, 0.4) is 0 Å². The number of nitrogens with zero attached hydrogens (tertiary/aromatic N) is 2. The molecule has 0 saturated carbocycles. The van der Waals surface area contributed by atoms with Crippen molar-refractivity contribution < 1.29 is 4.79 Å². The average Bonchev–Trinajstić information content (AvgIpc) is 2.81. The van der Waals surface area contributed by atoms with E-state index in [1.807, 2.05) is 26.8 Å². The number of Topliss-reactive ketones (excluding diaryl/α,β-unsaturated/α-hetero) is 1. The van der Waals surface area contributed by atoms with Gasteiger partial charge in [-0.1, -0.05) is 11.8 Å². The first-order chi connectivity index (χ1) is 8.06. The number of thioether (sulfide) groups is 1. The highest BCUT2D eigenvalue weighted by molar-refractivity contribution is 7.99. The molecular formula is C11H13N3OS2. The number of nitrogens with one attached hydrogen (secondary N) is 1. The zero-order chi connectivity index (χ0) is 12.4. The molecule has 2 rings (SSSR count). The molecule has 6 heteroatoms. The normalized spacial score (nSPS) is 10.8. The molecular weight excluding hydrogens is 254 g/mol. The molecule has 17 heavy (non-hydrogen) atoms. The molecule has 2 heterocycles. The topological polar surface area (TPSA) is 58.6 Å².